The maximum Gasteiger partial charge on any atom is 0.223 e. The zero-order chi connectivity index (χ0) is 21.3. The van der Waals surface area contributed by atoms with Gasteiger partial charge in [-0.3, -0.25) is 0 Å². The van der Waals surface area contributed by atoms with Gasteiger partial charge in [0.15, 0.2) is 0 Å². The third-order valence-electron chi connectivity index (χ3n) is 5.57. The van der Waals surface area contributed by atoms with Crippen LogP contribution < -0.4 is 16.0 Å². The van der Waals surface area contributed by atoms with Crippen molar-refractivity contribution in [2.75, 3.05) is 48.9 Å². The van der Waals surface area contributed by atoms with Gasteiger partial charge in [0.1, 0.15) is 22.9 Å². The van der Waals surface area contributed by atoms with Crippen molar-refractivity contribution >= 4 is 29.2 Å². The quantitative estimate of drug-likeness (QED) is 0.409. The third-order valence-corrected chi connectivity index (χ3v) is 5.84. The Kier molecular flexibility index (Phi) is 6.21. The Morgan fingerprint density at radius 2 is 1.93 bits per heavy atom. The fraction of sp³-hybridized carbons (Fsp3) is 0.526. The molecule has 6 N–H and O–H groups in total. The second-order valence-corrected chi connectivity index (χ2v) is 7.85. The van der Waals surface area contributed by atoms with Crippen molar-refractivity contribution < 1.29 is 20.1 Å². The van der Waals surface area contributed by atoms with Crippen LogP contribution in [0, 0.1) is 5.92 Å². The molecular weight excluding hydrogens is 412 g/mol. The van der Waals surface area contributed by atoms with Crippen LogP contribution in [0.2, 0.25) is 5.15 Å². The number of nitrogens with one attached hydrogen (secondary N) is 1. The van der Waals surface area contributed by atoms with Crippen molar-refractivity contribution in [2.45, 2.75) is 24.7 Å². The van der Waals surface area contributed by atoms with E-state index in [9.17, 15) is 15.3 Å². The van der Waals surface area contributed by atoms with Gasteiger partial charge in [-0.15, -0.1) is 0 Å². The Morgan fingerprint density at radius 3 is 2.63 bits per heavy atom. The lowest BCUT2D eigenvalue weighted by Gasteiger charge is -2.28. The number of hydrogen-bond donors (Lipinski definition) is 5. The highest BCUT2D eigenvalue weighted by Gasteiger charge is 2.41. The molecule has 1 saturated carbocycles. The topological polar surface area (TPSA) is 150 Å². The summed E-state index contributed by atoms with van der Waals surface area (Å²) in [7, 11) is 0. The molecule has 0 bridgehead atoms. The number of aromatic nitrogens is 3. The van der Waals surface area contributed by atoms with Crippen molar-refractivity contribution in [3.63, 3.8) is 0 Å². The van der Waals surface area contributed by atoms with Gasteiger partial charge in [-0.1, -0.05) is 17.7 Å². The number of nitrogens with two attached hydrogens (primary N) is 1. The second-order valence-electron chi connectivity index (χ2n) is 7.49. The molecule has 2 aliphatic rings. The van der Waals surface area contributed by atoms with Crippen molar-refractivity contribution in [3.05, 3.63) is 23.4 Å². The van der Waals surface area contributed by atoms with Crippen LogP contribution >= 0.6 is 11.6 Å². The van der Waals surface area contributed by atoms with Gasteiger partial charge in [0.2, 0.25) is 5.95 Å². The summed E-state index contributed by atoms with van der Waals surface area (Å²) >= 11 is 6.42. The van der Waals surface area contributed by atoms with Crippen LogP contribution in [0.4, 0.5) is 17.6 Å². The summed E-state index contributed by atoms with van der Waals surface area (Å²) in [5, 5.41) is 33.2. The van der Waals surface area contributed by atoms with Gasteiger partial charge in [0.25, 0.3) is 0 Å². The summed E-state index contributed by atoms with van der Waals surface area (Å²) in [6, 6.07) is 5.05. The van der Waals surface area contributed by atoms with E-state index in [2.05, 4.69) is 20.2 Å². The Balaban J connectivity index is 1.67. The number of anilines is 3. The van der Waals surface area contributed by atoms with Gasteiger partial charge in [-0.25, -0.2) is 9.97 Å². The molecule has 0 spiro atoms. The lowest BCUT2D eigenvalue weighted by Crippen LogP contribution is -2.36. The predicted octanol–water partition coefficient (Wildman–Crippen LogP) is 0.125. The van der Waals surface area contributed by atoms with Crippen LogP contribution in [0.3, 0.4) is 0 Å². The van der Waals surface area contributed by atoms with Crippen molar-refractivity contribution in [2.24, 2.45) is 5.92 Å². The Hall–Kier alpha value is -2.24. The average molecular weight is 437 g/mol. The summed E-state index contributed by atoms with van der Waals surface area (Å²) in [4.78, 5) is 15.2. The number of aliphatic hydroxyl groups excluding tert-OH is 3. The first kappa shape index (κ1) is 21.0. The van der Waals surface area contributed by atoms with E-state index in [4.69, 9.17) is 27.1 Å². The van der Waals surface area contributed by atoms with Crippen LogP contribution in [0.1, 0.15) is 6.42 Å². The first-order valence-electron chi connectivity index (χ1n) is 9.84. The third kappa shape index (κ3) is 4.14. The summed E-state index contributed by atoms with van der Waals surface area (Å²) < 4.78 is 5.40. The van der Waals surface area contributed by atoms with E-state index in [-0.39, 0.29) is 17.7 Å². The number of ether oxygens (including phenoxy) is 1. The van der Waals surface area contributed by atoms with Crippen molar-refractivity contribution in [1.82, 2.24) is 15.0 Å². The fourth-order valence-corrected chi connectivity index (χ4v) is 4.21. The van der Waals surface area contributed by atoms with Crippen LogP contribution in [-0.4, -0.2) is 81.4 Å². The summed E-state index contributed by atoms with van der Waals surface area (Å²) in [5.41, 5.74) is 6.81. The first-order valence-corrected chi connectivity index (χ1v) is 10.2. The highest BCUT2D eigenvalue weighted by Crippen LogP contribution is 2.36. The molecular formula is C19H25ClN6O4. The number of morpholine rings is 1. The number of aliphatic hydroxyl groups is 3. The minimum absolute atomic E-state index is 0.0256. The highest BCUT2D eigenvalue weighted by molar-refractivity contribution is 6.32. The summed E-state index contributed by atoms with van der Waals surface area (Å²) in [5.74, 6) is 0.640. The minimum Gasteiger partial charge on any atom is -0.396 e. The number of halogens is 1. The summed E-state index contributed by atoms with van der Waals surface area (Å²) in [6.07, 6.45) is -1.74. The number of nitrogens with zero attached hydrogens (tertiary/aromatic N) is 4. The molecule has 30 heavy (non-hydrogen) atoms. The van der Waals surface area contributed by atoms with E-state index < -0.39 is 24.2 Å². The highest BCUT2D eigenvalue weighted by atomic mass is 35.5. The molecule has 0 aromatic carbocycles. The number of hydrogen-bond acceptors (Lipinski definition) is 10. The van der Waals surface area contributed by atoms with E-state index in [1.807, 2.05) is 12.1 Å². The van der Waals surface area contributed by atoms with Crippen LogP contribution in [0.15, 0.2) is 18.2 Å². The maximum atomic E-state index is 10.4. The number of nitrogen functional groups attached to an aromatic ring is 1. The van der Waals surface area contributed by atoms with Crippen LogP contribution in [0.25, 0.3) is 11.3 Å². The van der Waals surface area contributed by atoms with Crippen molar-refractivity contribution in [3.8, 4) is 11.3 Å². The van der Waals surface area contributed by atoms with Gasteiger partial charge >= 0.3 is 0 Å². The van der Waals surface area contributed by atoms with Gasteiger partial charge < -0.3 is 36.0 Å². The fourth-order valence-electron chi connectivity index (χ4n) is 3.94. The molecule has 4 rings (SSSR count). The molecule has 0 unspecified atom stereocenters. The smallest absolute Gasteiger partial charge is 0.223 e. The lowest BCUT2D eigenvalue weighted by atomic mass is 10.1. The second kappa shape index (κ2) is 8.86. The molecule has 0 radical (unpaired) electrons. The molecule has 10 nitrogen and oxygen atoms in total. The molecule has 1 saturated heterocycles. The molecule has 0 amide bonds. The zero-order valence-electron chi connectivity index (χ0n) is 16.3. The zero-order valence-corrected chi connectivity index (χ0v) is 17.0. The van der Waals surface area contributed by atoms with E-state index in [1.54, 1.807) is 6.07 Å². The minimum atomic E-state index is -1.07. The van der Waals surface area contributed by atoms with Gasteiger partial charge in [0.05, 0.1) is 36.6 Å². The molecule has 2 aromatic rings. The monoisotopic (exact) mass is 436 g/mol. The van der Waals surface area contributed by atoms with Crippen LogP contribution in [0.5, 0.6) is 0 Å². The Morgan fingerprint density at radius 1 is 1.17 bits per heavy atom. The largest absolute Gasteiger partial charge is 0.396 e. The standard InChI is InChI=1S/C19H25ClN6O4/c20-17-14(11-2-1-3-13(22-11)26-4-6-30-7-5-26)18(25-19(21)24-17)23-12-8-10(9-27)15(28)16(12)29/h1-3,10,12,15-16,27-29H,4-9H2,(H3,21,23,24,25)/t10-,12-,15-,16+/m1/s1. The Labute approximate surface area is 178 Å². The SMILES string of the molecule is Nc1nc(Cl)c(-c2cccc(N3CCOCC3)n2)c(N[C@@H]2C[C@H](CO)[C@@H](O)[C@H]2O)n1. The first-order chi connectivity index (χ1) is 14.5. The van der Waals surface area contributed by atoms with E-state index in [1.165, 1.54) is 0 Å². The molecule has 11 heteroatoms. The molecule has 162 valence electrons. The predicted molar refractivity (Wildman–Crippen MR) is 112 cm³/mol. The van der Waals surface area contributed by atoms with Gasteiger partial charge in [-0.05, 0) is 18.6 Å². The summed E-state index contributed by atoms with van der Waals surface area (Å²) in [6.45, 7) is 2.53. The van der Waals surface area contributed by atoms with Crippen LogP contribution in [-0.2, 0) is 4.74 Å². The Bertz CT molecular complexity index is 897. The number of rotatable bonds is 5. The van der Waals surface area contributed by atoms with Gasteiger partial charge in [-0.2, -0.15) is 4.98 Å². The lowest BCUT2D eigenvalue weighted by molar-refractivity contribution is 0.00446. The molecule has 2 aromatic heterocycles. The maximum absolute atomic E-state index is 10.4. The molecule has 1 aliphatic carbocycles. The van der Waals surface area contributed by atoms with Gasteiger partial charge in [0, 0.05) is 25.6 Å². The normalized spacial score (nSPS) is 26.7. The number of pyridine rings is 1. The molecule has 3 heterocycles. The average Bonchev–Trinajstić information content (AvgIpc) is 3.02. The van der Waals surface area contributed by atoms with E-state index in [0.717, 1.165) is 18.9 Å². The molecule has 4 atom stereocenters. The molecule has 1 aliphatic heterocycles. The van der Waals surface area contributed by atoms with Crippen molar-refractivity contribution in [1.29, 1.82) is 0 Å². The van der Waals surface area contributed by atoms with E-state index in [0.29, 0.717) is 36.7 Å². The molecule has 2 fully saturated rings. The van der Waals surface area contributed by atoms with E-state index >= 15 is 0 Å².